The number of imidazole rings is 1. The zero-order valence-corrected chi connectivity index (χ0v) is 12.8. The maximum Gasteiger partial charge on any atom is 0.401 e. The fourth-order valence-corrected chi connectivity index (χ4v) is 3.16. The highest BCUT2D eigenvalue weighted by atomic mass is 32.1. The predicted octanol–water partition coefficient (Wildman–Crippen LogP) is 2.76. The fraction of sp³-hybridized carbons (Fsp3) is 0.615. The number of aliphatic hydroxyl groups excluding tert-OH is 1. The molecule has 2 aromatic heterocycles. The summed E-state index contributed by atoms with van der Waals surface area (Å²) in [5.41, 5.74) is 1.52. The Balaban J connectivity index is 2.22. The number of aromatic nitrogens is 2. The van der Waals surface area contributed by atoms with E-state index in [0.29, 0.717) is 6.42 Å². The average molecular weight is 321 g/mol. The molecule has 0 unspecified atom stereocenters. The van der Waals surface area contributed by atoms with Gasteiger partial charge < -0.3 is 5.11 Å². The molecule has 0 aromatic carbocycles. The van der Waals surface area contributed by atoms with Crippen LogP contribution in [-0.4, -0.2) is 45.3 Å². The first-order valence-electron chi connectivity index (χ1n) is 6.64. The average Bonchev–Trinajstić information content (AvgIpc) is 2.82. The maximum absolute atomic E-state index is 12.7. The lowest BCUT2D eigenvalue weighted by atomic mass is 10.3. The van der Waals surface area contributed by atoms with Gasteiger partial charge >= 0.3 is 6.18 Å². The van der Waals surface area contributed by atoms with Crippen LogP contribution in [0.15, 0.2) is 6.20 Å². The summed E-state index contributed by atoms with van der Waals surface area (Å²) in [4.78, 5) is 7.56. The Bertz CT molecular complexity index is 606. The van der Waals surface area contributed by atoms with E-state index >= 15 is 0 Å². The van der Waals surface area contributed by atoms with Gasteiger partial charge in [-0.1, -0.05) is 0 Å². The molecule has 0 aliphatic heterocycles. The number of hydrogen-bond acceptors (Lipinski definition) is 4. The van der Waals surface area contributed by atoms with Gasteiger partial charge in [0.1, 0.15) is 0 Å². The highest BCUT2D eigenvalue weighted by Crippen LogP contribution is 2.23. The molecule has 0 atom stereocenters. The zero-order valence-electron chi connectivity index (χ0n) is 11.9. The maximum atomic E-state index is 12.7. The van der Waals surface area contributed by atoms with Crippen LogP contribution in [0.4, 0.5) is 13.2 Å². The van der Waals surface area contributed by atoms with Gasteiger partial charge in [-0.05, 0) is 20.3 Å². The Hall–Kier alpha value is -1.12. The van der Waals surface area contributed by atoms with Gasteiger partial charge in [-0.3, -0.25) is 9.30 Å². The molecule has 1 N–H and O–H groups in total. The molecule has 2 rings (SSSR count). The van der Waals surface area contributed by atoms with Crippen LogP contribution in [0, 0.1) is 13.8 Å². The van der Waals surface area contributed by atoms with Crippen LogP contribution < -0.4 is 0 Å². The summed E-state index contributed by atoms with van der Waals surface area (Å²) in [7, 11) is 0. The van der Waals surface area contributed by atoms with Crippen LogP contribution in [0.1, 0.15) is 22.7 Å². The molecule has 0 amide bonds. The van der Waals surface area contributed by atoms with Crippen LogP contribution in [0.25, 0.3) is 4.96 Å². The number of halogens is 3. The summed E-state index contributed by atoms with van der Waals surface area (Å²) in [6.45, 7) is 3.02. The van der Waals surface area contributed by atoms with Crippen molar-refractivity contribution in [3.05, 3.63) is 22.5 Å². The van der Waals surface area contributed by atoms with E-state index in [2.05, 4.69) is 4.98 Å². The van der Waals surface area contributed by atoms with E-state index in [0.717, 1.165) is 21.2 Å². The minimum Gasteiger partial charge on any atom is -0.396 e. The molecule has 118 valence electrons. The number of thiazole rings is 1. The number of rotatable bonds is 6. The predicted molar refractivity (Wildman–Crippen MR) is 75.6 cm³/mol. The number of hydrogen-bond donors (Lipinski definition) is 1. The van der Waals surface area contributed by atoms with E-state index in [-0.39, 0.29) is 19.7 Å². The number of alkyl halides is 3. The highest BCUT2D eigenvalue weighted by Gasteiger charge is 2.31. The Morgan fingerprint density at radius 1 is 1.38 bits per heavy atom. The van der Waals surface area contributed by atoms with Crippen molar-refractivity contribution >= 4 is 16.3 Å². The van der Waals surface area contributed by atoms with E-state index in [1.165, 1.54) is 16.2 Å². The number of fused-ring (bicyclic) bond motifs is 1. The van der Waals surface area contributed by atoms with Gasteiger partial charge in [0.05, 0.1) is 17.9 Å². The number of aliphatic hydroxyl groups is 1. The van der Waals surface area contributed by atoms with Crippen molar-refractivity contribution in [2.24, 2.45) is 0 Å². The van der Waals surface area contributed by atoms with Crippen molar-refractivity contribution in [1.82, 2.24) is 14.3 Å². The summed E-state index contributed by atoms with van der Waals surface area (Å²) in [6, 6.07) is 0. The second kappa shape index (κ2) is 6.33. The van der Waals surface area contributed by atoms with Gasteiger partial charge in [-0.15, -0.1) is 11.3 Å². The highest BCUT2D eigenvalue weighted by molar-refractivity contribution is 7.17. The number of aryl methyl sites for hydroxylation is 2. The summed E-state index contributed by atoms with van der Waals surface area (Å²) in [6.07, 6.45) is -2.04. The second-order valence-corrected chi connectivity index (χ2v) is 6.25. The third-order valence-electron chi connectivity index (χ3n) is 3.15. The van der Waals surface area contributed by atoms with Gasteiger partial charge in [0.15, 0.2) is 4.96 Å². The molecule has 2 heterocycles. The summed E-state index contributed by atoms with van der Waals surface area (Å²) >= 11 is 1.52. The zero-order chi connectivity index (χ0) is 15.6. The van der Waals surface area contributed by atoms with Gasteiger partial charge in [-0.2, -0.15) is 13.2 Å². The molecule has 8 heteroatoms. The lowest BCUT2D eigenvalue weighted by Gasteiger charge is -2.23. The Kier molecular flexibility index (Phi) is 4.90. The molecule has 21 heavy (non-hydrogen) atoms. The molecule has 0 spiro atoms. The Labute approximate surface area is 124 Å². The minimum absolute atomic E-state index is 0.118. The molecule has 0 saturated carbocycles. The quantitative estimate of drug-likeness (QED) is 0.889. The molecule has 0 radical (unpaired) electrons. The van der Waals surface area contributed by atoms with Gasteiger partial charge in [0.2, 0.25) is 0 Å². The normalized spacial score (nSPS) is 12.7. The van der Waals surface area contributed by atoms with Crippen molar-refractivity contribution in [2.75, 3.05) is 19.7 Å². The van der Waals surface area contributed by atoms with Crippen molar-refractivity contribution < 1.29 is 18.3 Å². The van der Waals surface area contributed by atoms with Crippen molar-refractivity contribution in [3.8, 4) is 0 Å². The summed E-state index contributed by atoms with van der Waals surface area (Å²) in [5, 5.41) is 8.85. The van der Waals surface area contributed by atoms with Crippen LogP contribution in [0.3, 0.4) is 0 Å². The number of nitrogens with zero attached hydrogens (tertiary/aromatic N) is 3. The van der Waals surface area contributed by atoms with E-state index in [1.54, 1.807) is 0 Å². The van der Waals surface area contributed by atoms with Crippen LogP contribution >= 0.6 is 11.3 Å². The third kappa shape index (κ3) is 4.18. The molecule has 0 aliphatic rings. The fourth-order valence-electron chi connectivity index (χ4n) is 2.27. The summed E-state index contributed by atoms with van der Waals surface area (Å²) in [5.74, 6) is 0. The molecule has 0 fully saturated rings. The smallest absolute Gasteiger partial charge is 0.396 e. The topological polar surface area (TPSA) is 40.8 Å². The van der Waals surface area contributed by atoms with E-state index in [9.17, 15) is 13.2 Å². The van der Waals surface area contributed by atoms with Gasteiger partial charge in [0, 0.05) is 30.8 Å². The molecule has 0 aliphatic carbocycles. The first-order chi connectivity index (χ1) is 9.80. The molecule has 0 saturated heterocycles. The first-order valence-corrected chi connectivity index (χ1v) is 7.46. The van der Waals surface area contributed by atoms with E-state index in [1.807, 2.05) is 24.4 Å². The van der Waals surface area contributed by atoms with Gasteiger partial charge in [0.25, 0.3) is 0 Å². The lowest BCUT2D eigenvalue weighted by Crippen LogP contribution is -2.35. The third-order valence-corrected chi connectivity index (χ3v) is 4.05. The van der Waals surface area contributed by atoms with Crippen LogP contribution in [0.2, 0.25) is 0 Å². The van der Waals surface area contributed by atoms with Crippen molar-refractivity contribution in [1.29, 1.82) is 0 Å². The standard InChI is InChI=1S/C13H18F3N3OS/c1-9-6-19-11(10(2)17-12(19)21-9)7-18(4-3-5-20)8-13(14,15)16/h6,20H,3-5,7-8H2,1-2H3. The minimum atomic E-state index is -4.25. The van der Waals surface area contributed by atoms with Gasteiger partial charge in [-0.25, -0.2) is 4.98 Å². The van der Waals surface area contributed by atoms with E-state index in [4.69, 9.17) is 5.11 Å². The molecule has 2 aromatic rings. The molecular weight excluding hydrogens is 303 g/mol. The Morgan fingerprint density at radius 3 is 2.71 bits per heavy atom. The monoisotopic (exact) mass is 321 g/mol. The van der Waals surface area contributed by atoms with E-state index < -0.39 is 12.7 Å². The largest absolute Gasteiger partial charge is 0.401 e. The SMILES string of the molecule is Cc1cn2c(CN(CCCO)CC(F)(F)F)c(C)nc2s1. The Morgan fingerprint density at radius 2 is 2.10 bits per heavy atom. The van der Waals surface area contributed by atoms with Crippen molar-refractivity contribution in [2.45, 2.75) is 33.0 Å². The van der Waals surface area contributed by atoms with Crippen LogP contribution in [-0.2, 0) is 6.54 Å². The second-order valence-electron chi connectivity index (χ2n) is 5.04. The van der Waals surface area contributed by atoms with Crippen molar-refractivity contribution in [3.63, 3.8) is 0 Å². The molecule has 4 nitrogen and oxygen atoms in total. The molecular formula is C13H18F3N3OS. The van der Waals surface area contributed by atoms with Crippen LogP contribution in [0.5, 0.6) is 0 Å². The first kappa shape index (κ1) is 16.3. The molecule has 0 bridgehead atoms. The summed E-state index contributed by atoms with van der Waals surface area (Å²) < 4.78 is 39.8. The lowest BCUT2D eigenvalue weighted by molar-refractivity contribution is -0.147.